The van der Waals surface area contributed by atoms with Crippen LogP contribution in [0.5, 0.6) is 0 Å². The summed E-state index contributed by atoms with van der Waals surface area (Å²) in [5.41, 5.74) is 5.85. The first kappa shape index (κ1) is 18.7. The second kappa shape index (κ2) is 7.43. The zero-order chi connectivity index (χ0) is 20.5. The number of hydrogen-bond donors (Lipinski definition) is 1. The van der Waals surface area contributed by atoms with Crippen molar-refractivity contribution in [2.75, 3.05) is 5.32 Å². The molecule has 3 heterocycles. The quantitative estimate of drug-likeness (QED) is 0.579. The first-order chi connectivity index (χ1) is 13.9. The van der Waals surface area contributed by atoms with E-state index in [4.69, 9.17) is 0 Å². The predicted octanol–water partition coefficient (Wildman–Crippen LogP) is 3.63. The molecule has 29 heavy (non-hydrogen) atoms. The van der Waals surface area contributed by atoms with Crippen molar-refractivity contribution in [2.24, 2.45) is 0 Å². The average Bonchev–Trinajstić information content (AvgIpc) is 2.95. The van der Waals surface area contributed by atoms with Crippen LogP contribution in [0.2, 0.25) is 0 Å². The van der Waals surface area contributed by atoms with E-state index in [1.807, 2.05) is 64.1 Å². The van der Waals surface area contributed by atoms with Gasteiger partial charge in [-0.05, 0) is 45.9 Å². The number of carbonyl (C=O) groups is 1. The summed E-state index contributed by atoms with van der Waals surface area (Å²) in [4.78, 5) is 26.0. The van der Waals surface area contributed by atoms with Crippen LogP contribution in [-0.4, -0.2) is 30.6 Å². The topological polar surface area (TPSA) is 85.6 Å². The second-order valence-corrected chi connectivity index (χ2v) is 7.15. The third-order valence-electron chi connectivity index (χ3n) is 4.81. The Kier molecular flexibility index (Phi) is 4.80. The predicted molar refractivity (Wildman–Crippen MR) is 112 cm³/mol. The van der Waals surface area contributed by atoms with Gasteiger partial charge < -0.3 is 5.32 Å². The molecule has 4 aromatic rings. The fraction of sp³-hybridized carbons (Fsp3) is 0.227. The van der Waals surface area contributed by atoms with Crippen LogP contribution in [0.1, 0.15) is 28.3 Å². The molecule has 3 aromatic heterocycles. The second-order valence-electron chi connectivity index (χ2n) is 7.15. The molecule has 1 amide bonds. The molecule has 0 bridgehead atoms. The van der Waals surface area contributed by atoms with Crippen LogP contribution in [0.15, 0.2) is 42.6 Å². The van der Waals surface area contributed by atoms with Gasteiger partial charge in [0.15, 0.2) is 0 Å². The Morgan fingerprint density at radius 3 is 2.52 bits per heavy atom. The Hall–Kier alpha value is -3.61. The molecule has 0 aliphatic rings. The zero-order valence-electron chi connectivity index (χ0n) is 16.9. The number of carbonyl (C=O) groups excluding carboxylic acids is 1. The van der Waals surface area contributed by atoms with Crippen molar-refractivity contribution >= 4 is 22.5 Å². The number of pyridine rings is 1. The molecule has 0 spiro atoms. The van der Waals surface area contributed by atoms with Crippen LogP contribution in [0.25, 0.3) is 16.9 Å². The molecule has 1 N–H and O–H groups in total. The molecule has 0 aliphatic heterocycles. The number of para-hydroxylation sites is 1. The standard InChI is InChI=1S/C22H22N6O/c1-13-9-14(2)25-22(24-13)28-16(4)19(15(3)27-28)11-21(29)26-18-10-17-7-5-6-8-20(17)23-12-18/h5-10,12H,11H2,1-4H3,(H,26,29). The Morgan fingerprint density at radius 2 is 1.76 bits per heavy atom. The summed E-state index contributed by atoms with van der Waals surface area (Å²) in [6, 6.07) is 11.6. The SMILES string of the molecule is Cc1cc(C)nc(-n2nc(C)c(CC(=O)Nc3cnc4ccccc4c3)c2C)n1. The van der Waals surface area contributed by atoms with Gasteiger partial charge >= 0.3 is 0 Å². The van der Waals surface area contributed by atoms with Gasteiger partial charge in [-0.1, -0.05) is 18.2 Å². The monoisotopic (exact) mass is 386 g/mol. The highest BCUT2D eigenvalue weighted by atomic mass is 16.1. The fourth-order valence-corrected chi connectivity index (χ4v) is 3.43. The maximum Gasteiger partial charge on any atom is 0.251 e. The highest BCUT2D eigenvalue weighted by Crippen LogP contribution is 2.19. The summed E-state index contributed by atoms with van der Waals surface area (Å²) in [5.74, 6) is 0.405. The molecule has 146 valence electrons. The zero-order valence-corrected chi connectivity index (χ0v) is 16.9. The van der Waals surface area contributed by atoms with Crippen LogP contribution in [-0.2, 0) is 11.2 Å². The van der Waals surface area contributed by atoms with Crippen LogP contribution in [0, 0.1) is 27.7 Å². The van der Waals surface area contributed by atoms with E-state index in [-0.39, 0.29) is 12.3 Å². The molecule has 1 aromatic carbocycles. The number of anilines is 1. The van der Waals surface area contributed by atoms with Crippen molar-refractivity contribution in [3.63, 3.8) is 0 Å². The molecule has 0 radical (unpaired) electrons. The molecule has 4 rings (SSSR count). The van der Waals surface area contributed by atoms with Crippen molar-refractivity contribution in [3.8, 4) is 5.95 Å². The third kappa shape index (κ3) is 3.85. The molecule has 0 saturated carbocycles. The third-order valence-corrected chi connectivity index (χ3v) is 4.81. The molecular formula is C22H22N6O. The number of nitrogens with one attached hydrogen (secondary N) is 1. The van der Waals surface area contributed by atoms with E-state index in [1.165, 1.54) is 0 Å². The van der Waals surface area contributed by atoms with E-state index in [0.29, 0.717) is 11.6 Å². The molecule has 0 fully saturated rings. The van der Waals surface area contributed by atoms with Crippen molar-refractivity contribution in [2.45, 2.75) is 34.1 Å². The Labute approximate surface area is 168 Å². The largest absolute Gasteiger partial charge is 0.324 e. The highest BCUT2D eigenvalue weighted by Gasteiger charge is 2.18. The summed E-state index contributed by atoms with van der Waals surface area (Å²) >= 11 is 0. The van der Waals surface area contributed by atoms with Crippen LogP contribution in [0.4, 0.5) is 5.69 Å². The average molecular weight is 386 g/mol. The lowest BCUT2D eigenvalue weighted by Crippen LogP contribution is -2.15. The van der Waals surface area contributed by atoms with E-state index in [1.54, 1.807) is 10.9 Å². The smallest absolute Gasteiger partial charge is 0.251 e. The fourth-order valence-electron chi connectivity index (χ4n) is 3.43. The van der Waals surface area contributed by atoms with Crippen molar-refractivity contribution in [1.29, 1.82) is 0 Å². The highest BCUT2D eigenvalue weighted by molar-refractivity contribution is 5.94. The molecule has 0 saturated heterocycles. The minimum atomic E-state index is -0.117. The van der Waals surface area contributed by atoms with Crippen molar-refractivity contribution in [1.82, 2.24) is 24.7 Å². The number of benzene rings is 1. The van der Waals surface area contributed by atoms with E-state index < -0.39 is 0 Å². The lowest BCUT2D eigenvalue weighted by molar-refractivity contribution is -0.115. The summed E-state index contributed by atoms with van der Waals surface area (Å²) < 4.78 is 1.70. The summed E-state index contributed by atoms with van der Waals surface area (Å²) in [6.07, 6.45) is 1.89. The summed E-state index contributed by atoms with van der Waals surface area (Å²) in [5, 5.41) is 8.48. The van der Waals surface area contributed by atoms with Gasteiger partial charge in [0.2, 0.25) is 5.91 Å². The van der Waals surface area contributed by atoms with Crippen molar-refractivity contribution in [3.05, 3.63) is 70.9 Å². The minimum absolute atomic E-state index is 0.117. The minimum Gasteiger partial charge on any atom is -0.324 e. The van der Waals surface area contributed by atoms with Gasteiger partial charge in [0.25, 0.3) is 5.95 Å². The van der Waals surface area contributed by atoms with Crippen LogP contribution in [0.3, 0.4) is 0 Å². The maximum absolute atomic E-state index is 12.7. The molecular weight excluding hydrogens is 364 g/mol. The van der Waals surface area contributed by atoms with E-state index >= 15 is 0 Å². The van der Waals surface area contributed by atoms with Gasteiger partial charge in [0.05, 0.1) is 29.5 Å². The molecule has 7 heteroatoms. The Bertz CT molecular complexity index is 1210. The lowest BCUT2D eigenvalue weighted by atomic mass is 10.1. The first-order valence-electron chi connectivity index (χ1n) is 9.43. The van der Waals surface area contributed by atoms with Gasteiger partial charge in [-0.25, -0.2) is 14.6 Å². The molecule has 0 aliphatic carbocycles. The van der Waals surface area contributed by atoms with Gasteiger partial charge in [-0.2, -0.15) is 5.10 Å². The number of aromatic nitrogens is 5. The summed E-state index contributed by atoms with van der Waals surface area (Å²) in [6.45, 7) is 7.68. The Balaban J connectivity index is 1.57. The lowest BCUT2D eigenvalue weighted by Gasteiger charge is -2.07. The normalized spacial score (nSPS) is 11.0. The number of fused-ring (bicyclic) bond motifs is 1. The van der Waals surface area contributed by atoms with Crippen molar-refractivity contribution < 1.29 is 4.79 Å². The number of rotatable bonds is 4. The summed E-state index contributed by atoms with van der Waals surface area (Å²) in [7, 11) is 0. The number of amides is 1. The van der Waals surface area contributed by atoms with Gasteiger partial charge in [-0.15, -0.1) is 0 Å². The van der Waals surface area contributed by atoms with Gasteiger partial charge in [-0.3, -0.25) is 9.78 Å². The van der Waals surface area contributed by atoms with Crippen LogP contribution < -0.4 is 5.32 Å². The maximum atomic E-state index is 12.7. The van der Waals surface area contributed by atoms with Gasteiger partial charge in [0.1, 0.15) is 0 Å². The number of nitrogens with zero attached hydrogens (tertiary/aromatic N) is 5. The molecule has 7 nitrogen and oxygen atoms in total. The van der Waals surface area contributed by atoms with Crippen LogP contribution >= 0.6 is 0 Å². The van der Waals surface area contributed by atoms with E-state index in [2.05, 4.69) is 25.4 Å². The van der Waals surface area contributed by atoms with E-state index in [9.17, 15) is 4.79 Å². The number of hydrogen-bond acceptors (Lipinski definition) is 5. The molecule has 0 atom stereocenters. The first-order valence-corrected chi connectivity index (χ1v) is 9.43. The van der Waals surface area contributed by atoms with E-state index in [0.717, 1.165) is 39.2 Å². The van der Waals surface area contributed by atoms with Gasteiger partial charge in [0, 0.05) is 28.0 Å². The molecule has 0 unspecified atom stereocenters. The Morgan fingerprint density at radius 1 is 1.03 bits per heavy atom. The number of aryl methyl sites for hydroxylation is 3.